The van der Waals surface area contributed by atoms with E-state index in [4.69, 9.17) is 4.74 Å². The first-order chi connectivity index (χ1) is 6.56. The Hall–Kier alpha value is -0.0900. The van der Waals surface area contributed by atoms with Gasteiger partial charge in [-0.25, -0.2) is 0 Å². The molecule has 0 spiro atoms. The van der Waals surface area contributed by atoms with Gasteiger partial charge in [-0.05, 0) is 19.8 Å². The molecule has 0 aliphatic rings. The van der Waals surface area contributed by atoms with Gasteiger partial charge in [0.25, 0.3) is 0 Å². The molecule has 0 bridgehead atoms. The van der Waals surface area contributed by atoms with Crippen LogP contribution in [0.5, 0.6) is 0 Å². The average Bonchev–Trinajstić information content (AvgIpc) is 2.02. The molecule has 4 heteroatoms. The monoisotopic (exact) mass is 265 g/mol. The molecule has 2 atom stereocenters. The van der Waals surface area contributed by atoms with Gasteiger partial charge >= 0.3 is 0 Å². The molecule has 0 radical (unpaired) electrons. The second-order valence-electron chi connectivity index (χ2n) is 3.54. The van der Waals surface area contributed by atoms with Crippen LogP contribution in [0.15, 0.2) is 0 Å². The van der Waals surface area contributed by atoms with Gasteiger partial charge in [-0.3, -0.25) is 4.79 Å². The molecule has 0 fully saturated rings. The van der Waals surface area contributed by atoms with Gasteiger partial charge in [0.1, 0.15) is 6.61 Å². The third kappa shape index (κ3) is 8.51. The summed E-state index contributed by atoms with van der Waals surface area (Å²) >= 11 is 3.45. The van der Waals surface area contributed by atoms with Gasteiger partial charge < -0.3 is 10.1 Å². The van der Waals surface area contributed by atoms with Gasteiger partial charge in [0.2, 0.25) is 5.91 Å². The van der Waals surface area contributed by atoms with Crippen molar-refractivity contribution in [1.82, 2.24) is 5.32 Å². The zero-order chi connectivity index (χ0) is 11.0. The maximum absolute atomic E-state index is 11.3. The predicted molar refractivity (Wildman–Crippen MR) is 61.7 cm³/mol. The van der Waals surface area contributed by atoms with E-state index in [-0.39, 0.29) is 18.6 Å². The average molecular weight is 266 g/mol. The van der Waals surface area contributed by atoms with Crippen LogP contribution in [0, 0.1) is 0 Å². The zero-order valence-corrected chi connectivity index (χ0v) is 10.8. The van der Waals surface area contributed by atoms with Crippen molar-refractivity contribution in [3.05, 3.63) is 0 Å². The fourth-order valence-electron chi connectivity index (χ4n) is 1.17. The summed E-state index contributed by atoms with van der Waals surface area (Å²) in [5, 5.41) is 2.88. The molecule has 0 aromatic rings. The van der Waals surface area contributed by atoms with Crippen molar-refractivity contribution in [3.63, 3.8) is 0 Å². The lowest BCUT2D eigenvalue weighted by Crippen LogP contribution is -2.36. The molecule has 0 saturated heterocycles. The Morgan fingerprint density at radius 3 is 2.64 bits per heavy atom. The molecular weight excluding hydrogens is 246 g/mol. The summed E-state index contributed by atoms with van der Waals surface area (Å²) < 4.78 is 5.13. The van der Waals surface area contributed by atoms with Crippen LogP contribution < -0.4 is 5.32 Å². The molecule has 14 heavy (non-hydrogen) atoms. The van der Waals surface area contributed by atoms with Crippen molar-refractivity contribution in [2.45, 2.75) is 44.5 Å². The molecule has 2 unspecified atom stereocenters. The van der Waals surface area contributed by atoms with Crippen LogP contribution in [0.3, 0.4) is 0 Å². The van der Waals surface area contributed by atoms with E-state index in [0.717, 1.165) is 12.8 Å². The number of amides is 1. The predicted octanol–water partition coefficient (Wildman–Crippen LogP) is 2.09. The second kappa shape index (κ2) is 8.24. The SMILES string of the molecule is CCCOCC(=O)NC(C)CC(C)Br. The van der Waals surface area contributed by atoms with Crippen LogP contribution >= 0.6 is 15.9 Å². The van der Waals surface area contributed by atoms with E-state index in [2.05, 4.69) is 28.2 Å². The Morgan fingerprint density at radius 1 is 1.50 bits per heavy atom. The Labute approximate surface area is 94.7 Å². The third-order valence-electron chi connectivity index (χ3n) is 1.67. The van der Waals surface area contributed by atoms with Crippen molar-refractivity contribution in [1.29, 1.82) is 0 Å². The highest BCUT2D eigenvalue weighted by atomic mass is 79.9. The molecule has 0 aromatic heterocycles. The smallest absolute Gasteiger partial charge is 0.246 e. The van der Waals surface area contributed by atoms with Crippen LogP contribution in [0.2, 0.25) is 0 Å². The zero-order valence-electron chi connectivity index (χ0n) is 9.18. The van der Waals surface area contributed by atoms with Crippen molar-refractivity contribution < 1.29 is 9.53 Å². The van der Waals surface area contributed by atoms with Crippen molar-refractivity contribution in [3.8, 4) is 0 Å². The van der Waals surface area contributed by atoms with Gasteiger partial charge in [0.15, 0.2) is 0 Å². The lowest BCUT2D eigenvalue weighted by Gasteiger charge is -2.14. The van der Waals surface area contributed by atoms with Gasteiger partial charge in [-0.15, -0.1) is 0 Å². The molecule has 1 N–H and O–H groups in total. The second-order valence-corrected chi connectivity index (χ2v) is 5.10. The summed E-state index contributed by atoms with van der Waals surface area (Å²) in [7, 11) is 0. The topological polar surface area (TPSA) is 38.3 Å². The number of rotatable bonds is 7. The van der Waals surface area contributed by atoms with Crippen LogP contribution in [0.4, 0.5) is 0 Å². The molecule has 0 aliphatic heterocycles. The minimum Gasteiger partial charge on any atom is -0.372 e. The summed E-state index contributed by atoms with van der Waals surface area (Å²) in [6.07, 6.45) is 1.88. The standard InChI is InChI=1S/C10H20BrNO2/c1-4-5-14-7-10(13)12-9(3)6-8(2)11/h8-9H,4-7H2,1-3H3,(H,12,13). The fourth-order valence-corrected chi connectivity index (χ4v) is 1.73. The summed E-state index contributed by atoms with van der Waals surface area (Å²) in [5.41, 5.74) is 0. The van der Waals surface area contributed by atoms with Gasteiger partial charge in [0, 0.05) is 17.5 Å². The molecule has 0 aromatic carbocycles. The number of halogens is 1. The van der Waals surface area contributed by atoms with E-state index in [1.807, 2.05) is 13.8 Å². The van der Waals surface area contributed by atoms with Crippen molar-refractivity contribution in [2.75, 3.05) is 13.2 Å². The highest BCUT2D eigenvalue weighted by Crippen LogP contribution is 2.06. The number of alkyl halides is 1. The molecule has 0 heterocycles. The molecule has 0 aliphatic carbocycles. The molecule has 1 amide bonds. The number of carbonyl (C=O) groups excluding carboxylic acids is 1. The highest BCUT2D eigenvalue weighted by Gasteiger charge is 2.09. The number of hydrogen-bond acceptors (Lipinski definition) is 2. The first-order valence-corrected chi connectivity index (χ1v) is 5.99. The Morgan fingerprint density at radius 2 is 2.14 bits per heavy atom. The number of ether oxygens (including phenoxy) is 1. The summed E-state index contributed by atoms with van der Waals surface area (Å²) in [6, 6.07) is 0.196. The number of hydrogen-bond donors (Lipinski definition) is 1. The van der Waals surface area contributed by atoms with E-state index in [1.54, 1.807) is 0 Å². The Bertz CT molecular complexity index is 162. The minimum atomic E-state index is -0.0286. The highest BCUT2D eigenvalue weighted by molar-refractivity contribution is 9.09. The fraction of sp³-hybridized carbons (Fsp3) is 0.900. The van der Waals surface area contributed by atoms with Crippen molar-refractivity contribution in [2.24, 2.45) is 0 Å². The number of nitrogens with one attached hydrogen (secondary N) is 1. The third-order valence-corrected chi connectivity index (χ3v) is 2.04. The van der Waals surface area contributed by atoms with Crippen LogP contribution in [-0.2, 0) is 9.53 Å². The summed E-state index contributed by atoms with van der Waals surface area (Å²) in [4.78, 5) is 11.7. The lowest BCUT2D eigenvalue weighted by molar-refractivity contribution is -0.126. The van der Waals surface area contributed by atoms with Gasteiger partial charge in [-0.2, -0.15) is 0 Å². The van der Waals surface area contributed by atoms with E-state index < -0.39 is 0 Å². The van der Waals surface area contributed by atoms with Crippen LogP contribution in [0.1, 0.15) is 33.6 Å². The minimum absolute atomic E-state index is 0.0286. The van der Waals surface area contributed by atoms with Crippen LogP contribution in [-0.4, -0.2) is 30.0 Å². The number of carbonyl (C=O) groups is 1. The Balaban J connectivity index is 3.50. The summed E-state index contributed by atoms with van der Waals surface area (Å²) in [5.74, 6) is -0.0286. The summed E-state index contributed by atoms with van der Waals surface area (Å²) in [6.45, 7) is 6.91. The lowest BCUT2D eigenvalue weighted by atomic mass is 10.2. The first-order valence-electron chi connectivity index (χ1n) is 5.07. The molecular formula is C10H20BrNO2. The normalized spacial score (nSPS) is 14.9. The van der Waals surface area contributed by atoms with E-state index in [9.17, 15) is 4.79 Å². The van der Waals surface area contributed by atoms with E-state index in [1.165, 1.54) is 0 Å². The maximum atomic E-state index is 11.3. The van der Waals surface area contributed by atoms with Gasteiger partial charge in [0.05, 0.1) is 0 Å². The Kier molecular flexibility index (Phi) is 8.18. The molecule has 84 valence electrons. The van der Waals surface area contributed by atoms with Crippen molar-refractivity contribution >= 4 is 21.8 Å². The van der Waals surface area contributed by atoms with Gasteiger partial charge in [-0.1, -0.05) is 29.8 Å². The van der Waals surface area contributed by atoms with E-state index >= 15 is 0 Å². The molecule has 0 saturated carbocycles. The van der Waals surface area contributed by atoms with E-state index in [0.29, 0.717) is 11.4 Å². The van der Waals surface area contributed by atoms with Crippen LogP contribution in [0.25, 0.3) is 0 Å². The largest absolute Gasteiger partial charge is 0.372 e. The first kappa shape index (κ1) is 13.9. The molecule has 0 rings (SSSR count). The molecule has 3 nitrogen and oxygen atoms in total. The maximum Gasteiger partial charge on any atom is 0.246 e. The quantitative estimate of drug-likeness (QED) is 0.566.